The smallest absolute Gasteiger partial charge is 0.331 e. The number of esters is 1. The number of ether oxygens (including phenoxy) is 3. The second-order valence-corrected chi connectivity index (χ2v) is 4.71. The van der Waals surface area contributed by atoms with Gasteiger partial charge in [0.05, 0.1) is 33.5 Å². The van der Waals surface area contributed by atoms with Crippen LogP contribution in [0.3, 0.4) is 0 Å². The molecule has 2 aliphatic heterocycles. The number of morpholine rings is 2. The van der Waals surface area contributed by atoms with E-state index in [1.165, 1.54) is 16.9 Å². The molecule has 2 amide bonds. The maximum absolute atomic E-state index is 12.6. The minimum atomic E-state index is -1.13. The SMILES string of the molecule is COC(=O)C1COCCN1C(=O)N1CCOCC1C(=O)O. The van der Waals surface area contributed by atoms with Gasteiger partial charge in [0.2, 0.25) is 0 Å². The van der Waals surface area contributed by atoms with Gasteiger partial charge in [0.25, 0.3) is 0 Å². The topological polar surface area (TPSA) is 106 Å². The highest BCUT2D eigenvalue weighted by molar-refractivity contribution is 5.87. The van der Waals surface area contributed by atoms with E-state index >= 15 is 0 Å². The molecule has 21 heavy (non-hydrogen) atoms. The quantitative estimate of drug-likeness (QED) is 0.636. The molecule has 118 valence electrons. The van der Waals surface area contributed by atoms with Gasteiger partial charge in [0.15, 0.2) is 12.1 Å². The molecule has 9 heteroatoms. The fourth-order valence-electron chi connectivity index (χ4n) is 2.37. The summed E-state index contributed by atoms with van der Waals surface area (Å²) in [7, 11) is 1.23. The number of rotatable bonds is 2. The first kappa shape index (κ1) is 15.5. The number of nitrogens with zero attached hydrogens (tertiary/aromatic N) is 2. The molecule has 0 aromatic rings. The largest absolute Gasteiger partial charge is 0.480 e. The number of amides is 2. The molecule has 9 nitrogen and oxygen atoms in total. The van der Waals surface area contributed by atoms with Gasteiger partial charge in [0.1, 0.15) is 0 Å². The molecular formula is C12H18N2O7. The van der Waals surface area contributed by atoms with Gasteiger partial charge >= 0.3 is 18.0 Å². The third kappa shape index (κ3) is 3.24. The Morgan fingerprint density at radius 1 is 1.05 bits per heavy atom. The molecule has 0 saturated carbocycles. The van der Waals surface area contributed by atoms with E-state index in [-0.39, 0.29) is 32.9 Å². The first-order valence-electron chi connectivity index (χ1n) is 6.59. The van der Waals surface area contributed by atoms with Gasteiger partial charge in [0, 0.05) is 13.1 Å². The predicted molar refractivity (Wildman–Crippen MR) is 67.7 cm³/mol. The van der Waals surface area contributed by atoms with Crippen molar-refractivity contribution in [1.82, 2.24) is 9.80 Å². The minimum Gasteiger partial charge on any atom is -0.480 e. The fraction of sp³-hybridized carbons (Fsp3) is 0.750. The van der Waals surface area contributed by atoms with E-state index in [2.05, 4.69) is 4.74 Å². The number of aliphatic carboxylic acids is 1. The fourth-order valence-corrected chi connectivity index (χ4v) is 2.37. The summed E-state index contributed by atoms with van der Waals surface area (Å²) in [6.07, 6.45) is 0. The number of hydrogen-bond donors (Lipinski definition) is 1. The number of carboxylic acid groups (broad SMARTS) is 1. The lowest BCUT2D eigenvalue weighted by Crippen LogP contribution is -2.62. The van der Waals surface area contributed by atoms with Crippen LogP contribution < -0.4 is 0 Å². The van der Waals surface area contributed by atoms with Gasteiger partial charge in [-0.2, -0.15) is 0 Å². The lowest BCUT2D eigenvalue weighted by molar-refractivity contribution is -0.152. The monoisotopic (exact) mass is 302 g/mol. The number of hydrogen-bond acceptors (Lipinski definition) is 6. The minimum absolute atomic E-state index is 0.0422. The maximum atomic E-state index is 12.6. The van der Waals surface area contributed by atoms with Crippen LogP contribution in [0.25, 0.3) is 0 Å². The summed E-state index contributed by atoms with van der Waals surface area (Å²) >= 11 is 0. The maximum Gasteiger partial charge on any atom is 0.331 e. The zero-order chi connectivity index (χ0) is 15.4. The molecule has 0 aliphatic carbocycles. The van der Waals surface area contributed by atoms with Crippen LogP contribution in [0.15, 0.2) is 0 Å². The highest BCUT2D eigenvalue weighted by atomic mass is 16.5. The van der Waals surface area contributed by atoms with Crippen molar-refractivity contribution in [3.8, 4) is 0 Å². The molecule has 0 aromatic heterocycles. The number of methoxy groups -OCH3 is 1. The molecule has 0 spiro atoms. The van der Waals surface area contributed by atoms with Crippen LogP contribution in [0.5, 0.6) is 0 Å². The zero-order valence-corrected chi connectivity index (χ0v) is 11.7. The lowest BCUT2D eigenvalue weighted by atomic mass is 10.2. The Morgan fingerprint density at radius 2 is 1.57 bits per heavy atom. The standard InChI is InChI=1S/C12H18N2O7/c1-19-11(17)9-7-21-5-3-14(9)12(18)13-2-4-20-6-8(13)10(15)16/h8-9H,2-7H2,1H3,(H,15,16). The van der Waals surface area contributed by atoms with Gasteiger partial charge in [-0.15, -0.1) is 0 Å². The molecule has 2 aliphatic rings. The molecule has 2 fully saturated rings. The number of urea groups is 1. The van der Waals surface area contributed by atoms with Gasteiger partial charge in [-0.05, 0) is 0 Å². The summed E-state index contributed by atoms with van der Waals surface area (Å²) in [5.41, 5.74) is 0. The van der Waals surface area contributed by atoms with Crippen LogP contribution in [0.4, 0.5) is 4.79 Å². The van der Waals surface area contributed by atoms with E-state index in [0.29, 0.717) is 6.61 Å². The van der Waals surface area contributed by atoms with E-state index in [0.717, 1.165) is 0 Å². The molecule has 0 radical (unpaired) electrons. The zero-order valence-electron chi connectivity index (χ0n) is 11.7. The van der Waals surface area contributed by atoms with Crippen molar-refractivity contribution in [1.29, 1.82) is 0 Å². The average molecular weight is 302 g/mol. The summed E-state index contributed by atoms with van der Waals surface area (Å²) in [6.45, 7) is 0.919. The summed E-state index contributed by atoms with van der Waals surface area (Å²) in [5.74, 6) is -1.71. The van der Waals surface area contributed by atoms with Crippen LogP contribution in [-0.4, -0.2) is 91.6 Å². The van der Waals surface area contributed by atoms with Crippen molar-refractivity contribution >= 4 is 18.0 Å². The second-order valence-electron chi connectivity index (χ2n) is 4.71. The van der Waals surface area contributed by atoms with E-state index in [9.17, 15) is 14.4 Å². The van der Waals surface area contributed by atoms with Crippen molar-refractivity contribution in [3.05, 3.63) is 0 Å². The number of carbonyl (C=O) groups is 3. The Bertz CT molecular complexity index is 428. The third-order valence-electron chi connectivity index (χ3n) is 3.51. The first-order chi connectivity index (χ1) is 10.1. The van der Waals surface area contributed by atoms with Crippen molar-refractivity contribution < 1.29 is 33.7 Å². The second kappa shape index (κ2) is 6.72. The number of carboxylic acids is 1. The third-order valence-corrected chi connectivity index (χ3v) is 3.51. The summed E-state index contributed by atoms with van der Waals surface area (Å²) in [4.78, 5) is 38.0. The molecule has 0 aromatic carbocycles. The van der Waals surface area contributed by atoms with Gasteiger partial charge in [-0.3, -0.25) is 0 Å². The van der Waals surface area contributed by atoms with E-state index in [4.69, 9.17) is 14.6 Å². The summed E-state index contributed by atoms with van der Waals surface area (Å²) in [5, 5.41) is 9.17. The van der Waals surface area contributed by atoms with E-state index < -0.39 is 30.1 Å². The highest BCUT2D eigenvalue weighted by Gasteiger charge is 2.40. The van der Waals surface area contributed by atoms with Crippen LogP contribution >= 0.6 is 0 Å². The Kier molecular flexibility index (Phi) is 4.97. The van der Waals surface area contributed by atoms with Crippen LogP contribution in [-0.2, 0) is 23.8 Å². The van der Waals surface area contributed by atoms with Crippen LogP contribution in [0.2, 0.25) is 0 Å². The Morgan fingerprint density at radius 3 is 2.10 bits per heavy atom. The average Bonchev–Trinajstić information content (AvgIpc) is 2.53. The molecule has 2 saturated heterocycles. The van der Waals surface area contributed by atoms with Crippen molar-refractivity contribution in [2.45, 2.75) is 12.1 Å². The lowest BCUT2D eigenvalue weighted by Gasteiger charge is -2.40. The van der Waals surface area contributed by atoms with Crippen LogP contribution in [0, 0.1) is 0 Å². The molecule has 2 rings (SSSR count). The Labute approximate surface area is 121 Å². The predicted octanol–water partition coefficient (Wildman–Crippen LogP) is -1.23. The normalized spacial score (nSPS) is 26.3. The van der Waals surface area contributed by atoms with Crippen molar-refractivity contribution in [3.63, 3.8) is 0 Å². The van der Waals surface area contributed by atoms with Crippen molar-refractivity contribution in [2.24, 2.45) is 0 Å². The van der Waals surface area contributed by atoms with Crippen LogP contribution in [0.1, 0.15) is 0 Å². The summed E-state index contributed by atoms with van der Waals surface area (Å²) < 4.78 is 14.9. The van der Waals surface area contributed by atoms with Gasteiger partial charge in [-0.1, -0.05) is 0 Å². The Hall–Kier alpha value is -1.87. The highest BCUT2D eigenvalue weighted by Crippen LogP contribution is 2.16. The number of carbonyl (C=O) groups excluding carboxylic acids is 2. The summed E-state index contributed by atoms with van der Waals surface area (Å²) in [6, 6.07) is -2.41. The molecule has 1 N–H and O–H groups in total. The molecule has 2 heterocycles. The molecule has 2 unspecified atom stereocenters. The van der Waals surface area contributed by atoms with E-state index in [1.807, 2.05) is 0 Å². The first-order valence-corrected chi connectivity index (χ1v) is 6.59. The van der Waals surface area contributed by atoms with Gasteiger partial charge in [-0.25, -0.2) is 14.4 Å². The molecule has 0 bridgehead atoms. The van der Waals surface area contributed by atoms with E-state index in [1.54, 1.807) is 0 Å². The van der Waals surface area contributed by atoms with Crippen molar-refractivity contribution in [2.75, 3.05) is 46.6 Å². The Balaban J connectivity index is 2.15. The molecular weight excluding hydrogens is 284 g/mol. The molecule has 2 atom stereocenters. The van der Waals surface area contributed by atoms with Gasteiger partial charge < -0.3 is 29.1 Å².